The van der Waals surface area contributed by atoms with Gasteiger partial charge in [-0.25, -0.2) is 9.18 Å². The molecule has 2 aliphatic rings. The number of carbonyl (C=O) groups is 1. The lowest BCUT2D eigenvalue weighted by atomic mass is 9.84. The lowest BCUT2D eigenvalue weighted by molar-refractivity contribution is 0.0696. The Labute approximate surface area is 143 Å². The van der Waals surface area contributed by atoms with Gasteiger partial charge in [-0.1, -0.05) is 30.3 Å². The number of ether oxygens (including phenoxy) is 1. The Kier molecular flexibility index (Phi) is 2.88. The number of carboxylic acids is 1. The maximum absolute atomic E-state index is 13.1. The van der Waals surface area contributed by atoms with Gasteiger partial charge in [-0.05, 0) is 63.7 Å². The van der Waals surface area contributed by atoms with Crippen LogP contribution in [0.5, 0.6) is 0 Å². The fourth-order valence-electron chi connectivity index (χ4n) is 3.80. The van der Waals surface area contributed by atoms with E-state index in [0.717, 1.165) is 33.4 Å². The summed E-state index contributed by atoms with van der Waals surface area (Å²) in [5, 5.41) is 9.23. The summed E-state index contributed by atoms with van der Waals surface area (Å²) in [5.74, 6) is -1.20. The number of aromatic carboxylic acids is 1. The summed E-state index contributed by atoms with van der Waals surface area (Å²) in [6.07, 6.45) is -0.380. The molecule has 2 heterocycles. The molecule has 122 valence electrons. The lowest BCUT2D eigenvalue weighted by Gasteiger charge is -2.17. The van der Waals surface area contributed by atoms with Crippen LogP contribution in [0, 0.1) is 5.82 Å². The number of halogens is 1. The summed E-state index contributed by atoms with van der Waals surface area (Å²) in [5.41, 5.74) is 6.34. The SMILES string of the molecule is O=C(O)c1ccc2c(c1)[C@@H]1O[C@H]2c2ccc(-c3ccc(F)cc3)cc21. The van der Waals surface area contributed by atoms with Crippen LogP contribution < -0.4 is 0 Å². The molecule has 4 heteroatoms. The van der Waals surface area contributed by atoms with Gasteiger partial charge in [0.2, 0.25) is 0 Å². The number of hydrogen-bond acceptors (Lipinski definition) is 2. The van der Waals surface area contributed by atoms with Gasteiger partial charge in [-0.3, -0.25) is 0 Å². The van der Waals surface area contributed by atoms with Crippen molar-refractivity contribution in [3.8, 4) is 11.1 Å². The minimum atomic E-state index is -0.939. The first kappa shape index (κ1) is 14.4. The highest BCUT2D eigenvalue weighted by molar-refractivity contribution is 5.88. The Morgan fingerprint density at radius 2 is 1.40 bits per heavy atom. The molecule has 0 fully saturated rings. The molecule has 2 bridgehead atoms. The minimum absolute atomic E-state index is 0.139. The van der Waals surface area contributed by atoms with Crippen LogP contribution in [0.4, 0.5) is 4.39 Å². The van der Waals surface area contributed by atoms with E-state index in [-0.39, 0.29) is 23.6 Å². The van der Waals surface area contributed by atoms with Crippen molar-refractivity contribution < 1.29 is 19.0 Å². The number of rotatable bonds is 2. The van der Waals surface area contributed by atoms with Crippen LogP contribution in [0.15, 0.2) is 60.7 Å². The second-order valence-electron chi connectivity index (χ2n) is 6.40. The van der Waals surface area contributed by atoms with Crippen LogP contribution in [-0.4, -0.2) is 11.1 Å². The van der Waals surface area contributed by atoms with Crippen LogP contribution in [0.25, 0.3) is 11.1 Å². The van der Waals surface area contributed by atoms with Crippen molar-refractivity contribution in [2.45, 2.75) is 12.2 Å². The van der Waals surface area contributed by atoms with Gasteiger partial charge in [0.1, 0.15) is 18.0 Å². The summed E-state index contributed by atoms with van der Waals surface area (Å²) < 4.78 is 19.2. The monoisotopic (exact) mass is 332 g/mol. The molecule has 0 amide bonds. The van der Waals surface area contributed by atoms with Gasteiger partial charge in [0.25, 0.3) is 0 Å². The van der Waals surface area contributed by atoms with E-state index in [0.29, 0.717) is 0 Å². The average molecular weight is 332 g/mol. The lowest BCUT2D eigenvalue weighted by Crippen LogP contribution is -2.06. The molecule has 0 aliphatic carbocycles. The standard InChI is InChI=1S/C21H13FO3/c22-14-5-1-11(2-6-14)12-3-7-15-17(9-12)20-18-10-13(21(23)24)4-8-16(18)19(15)25-20/h1-10,19-20H,(H,23,24)/t19-,20+/m0/s1. The van der Waals surface area contributed by atoms with Crippen molar-refractivity contribution in [2.24, 2.45) is 0 Å². The predicted molar refractivity (Wildman–Crippen MR) is 90.0 cm³/mol. The van der Waals surface area contributed by atoms with E-state index in [2.05, 4.69) is 6.07 Å². The van der Waals surface area contributed by atoms with Crippen LogP contribution in [0.3, 0.4) is 0 Å². The number of benzene rings is 3. The Hall–Kier alpha value is -2.98. The van der Waals surface area contributed by atoms with E-state index in [1.807, 2.05) is 18.2 Å². The molecule has 0 aromatic heterocycles. The third-order valence-electron chi connectivity index (χ3n) is 5.00. The topological polar surface area (TPSA) is 46.5 Å². The summed E-state index contributed by atoms with van der Waals surface area (Å²) in [6, 6.07) is 17.7. The van der Waals surface area contributed by atoms with E-state index in [1.165, 1.54) is 12.1 Å². The van der Waals surface area contributed by atoms with Gasteiger partial charge in [-0.2, -0.15) is 0 Å². The quantitative estimate of drug-likeness (QED) is 0.739. The molecule has 3 aromatic rings. The third-order valence-corrected chi connectivity index (χ3v) is 5.00. The Bertz CT molecular complexity index is 1020. The molecule has 0 radical (unpaired) electrons. The molecular formula is C21H13FO3. The second kappa shape index (κ2) is 5.01. The van der Waals surface area contributed by atoms with Gasteiger partial charge in [0.15, 0.2) is 0 Å². The van der Waals surface area contributed by atoms with Crippen molar-refractivity contribution >= 4 is 5.97 Å². The molecule has 0 saturated carbocycles. The summed E-state index contributed by atoms with van der Waals surface area (Å²) in [7, 11) is 0. The van der Waals surface area contributed by atoms with Gasteiger partial charge in [0.05, 0.1) is 5.56 Å². The van der Waals surface area contributed by atoms with Gasteiger partial charge in [-0.15, -0.1) is 0 Å². The zero-order valence-electron chi connectivity index (χ0n) is 13.1. The van der Waals surface area contributed by atoms with Crippen molar-refractivity contribution in [2.75, 3.05) is 0 Å². The smallest absolute Gasteiger partial charge is 0.335 e. The van der Waals surface area contributed by atoms with Crippen LogP contribution in [-0.2, 0) is 4.74 Å². The molecule has 5 rings (SSSR count). The normalized spacial score (nSPS) is 19.6. The summed E-state index contributed by atoms with van der Waals surface area (Å²) >= 11 is 0. The summed E-state index contributed by atoms with van der Waals surface area (Å²) in [6.45, 7) is 0. The van der Waals surface area contributed by atoms with Gasteiger partial charge in [0, 0.05) is 0 Å². The van der Waals surface area contributed by atoms with Crippen molar-refractivity contribution in [3.05, 3.63) is 94.3 Å². The minimum Gasteiger partial charge on any atom is -0.478 e. The first-order chi connectivity index (χ1) is 12.1. The summed E-state index contributed by atoms with van der Waals surface area (Å²) in [4.78, 5) is 11.2. The molecule has 3 aromatic carbocycles. The first-order valence-corrected chi connectivity index (χ1v) is 8.04. The maximum atomic E-state index is 13.1. The highest BCUT2D eigenvalue weighted by atomic mass is 19.1. The highest BCUT2D eigenvalue weighted by Gasteiger charge is 2.42. The maximum Gasteiger partial charge on any atom is 0.335 e. The average Bonchev–Trinajstić information content (AvgIpc) is 3.18. The number of fused-ring (bicyclic) bond motifs is 8. The largest absolute Gasteiger partial charge is 0.478 e. The number of carboxylic acid groups (broad SMARTS) is 1. The molecule has 0 saturated heterocycles. The Balaban J connectivity index is 1.60. The molecule has 1 N–H and O–H groups in total. The second-order valence-corrected chi connectivity index (χ2v) is 6.40. The first-order valence-electron chi connectivity index (χ1n) is 8.04. The Morgan fingerprint density at radius 1 is 0.800 bits per heavy atom. The third kappa shape index (κ3) is 2.04. The van der Waals surface area contributed by atoms with Crippen LogP contribution in [0.1, 0.15) is 44.8 Å². The van der Waals surface area contributed by atoms with Crippen LogP contribution >= 0.6 is 0 Å². The fraction of sp³-hybridized carbons (Fsp3) is 0.0952. The van der Waals surface area contributed by atoms with E-state index in [1.54, 1.807) is 24.3 Å². The molecule has 0 unspecified atom stereocenters. The molecular weight excluding hydrogens is 319 g/mol. The van der Waals surface area contributed by atoms with Crippen molar-refractivity contribution in [1.29, 1.82) is 0 Å². The van der Waals surface area contributed by atoms with Gasteiger partial charge < -0.3 is 9.84 Å². The van der Waals surface area contributed by atoms with Crippen molar-refractivity contribution in [1.82, 2.24) is 0 Å². The zero-order valence-corrected chi connectivity index (χ0v) is 13.1. The molecule has 3 nitrogen and oxygen atoms in total. The van der Waals surface area contributed by atoms with Gasteiger partial charge >= 0.3 is 5.97 Å². The predicted octanol–water partition coefficient (Wildman–Crippen LogP) is 4.71. The van der Waals surface area contributed by atoms with E-state index >= 15 is 0 Å². The van der Waals surface area contributed by atoms with Crippen LogP contribution in [0.2, 0.25) is 0 Å². The number of hydrogen-bond donors (Lipinski definition) is 1. The molecule has 2 atom stereocenters. The molecule has 25 heavy (non-hydrogen) atoms. The van der Waals surface area contributed by atoms with E-state index in [9.17, 15) is 14.3 Å². The van der Waals surface area contributed by atoms with E-state index < -0.39 is 5.97 Å². The highest BCUT2D eigenvalue weighted by Crippen LogP contribution is 2.54. The van der Waals surface area contributed by atoms with E-state index in [4.69, 9.17) is 4.74 Å². The molecule has 2 aliphatic heterocycles. The Morgan fingerprint density at radius 3 is 2.12 bits per heavy atom. The van der Waals surface area contributed by atoms with Crippen molar-refractivity contribution in [3.63, 3.8) is 0 Å². The zero-order chi connectivity index (χ0) is 17.1. The molecule has 0 spiro atoms. The fourth-order valence-corrected chi connectivity index (χ4v) is 3.80.